The second-order valence-corrected chi connectivity index (χ2v) is 6.21. The van der Waals surface area contributed by atoms with Gasteiger partial charge in [0.05, 0.1) is 19.6 Å². The Hall–Kier alpha value is -3.33. The fourth-order valence-electron chi connectivity index (χ4n) is 2.42. The van der Waals surface area contributed by atoms with Crippen LogP contribution in [-0.2, 0) is 20.7 Å². The summed E-state index contributed by atoms with van der Waals surface area (Å²) in [6.07, 6.45) is -0.0958. The van der Waals surface area contributed by atoms with Gasteiger partial charge < -0.3 is 15.2 Å². The highest BCUT2D eigenvalue weighted by Gasteiger charge is 2.24. The average Bonchev–Trinajstić information content (AvgIpc) is 2.67. The molecule has 29 heavy (non-hydrogen) atoms. The number of anilines is 1. The van der Waals surface area contributed by atoms with E-state index in [2.05, 4.69) is 5.43 Å². The molecule has 2 rings (SSSR count). The molecule has 0 unspecified atom stereocenters. The first-order valence-corrected chi connectivity index (χ1v) is 9.10. The smallest absolute Gasteiger partial charge is 0.343 e. The monoisotopic (exact) mass is 421 g/mol. The molecule has 0 aliphatic heterocycles. The summed E-state index contributed by atoms with van der Waals surface area (Å²) in [6.45, 7) is 3.22. The number of nitrogens with two attached hydrogens (primary N) is 1. The number of hydrogen-bond acceptors (Lipinski definition) is 7. The van der Waals surface area contributed by atoms with Crippen molar-refractivity contribution in [3.8, 4) is 0 Å². The number of rotatable bonds is 7. The minimum atomic E-state index is -0.955. The zero-order valence-electron chi connectivity index (χ0n) is 15.9. The van der Waals surface area contributed by atoms with E-state index in [-0.39, 0.29) is 31.0 Å². The van der Waals surface area contributed by atoms with Crippen LogP contribution in [0.3, 0.4) is 0 Å². The van der Waals surface area contributed by atoms with Crippen LogP contribution >= 0.6 is 11.6 Å². The Kier molecular flexibility index (Phi) is 7.38. The highest BCUT2D eigenvalue weighted by atomic mass is 35.5. The topological polar surface area (TPSA) is 130 Å². The van der Waals surface area contributed by atoms with Crippen LogP contribution in [0.1, 0.15) is 40.1 Å². The van der Waals surface area contributed by atoms with Crippen molar-refractivity contribution in [3.05, 3.63) is 62.4 Å². The molecule has 0 saturated carbocycles. The van der Waals surface area contributed by atoms with Gasteiger partial charge in [-0.05, 0) is 37.6 Å². The number of hydrogen-bond donors (Lipinski definition) is 2. The molecule has 0 saturated heterocycles. The number of pyridine rings is 1. The van der Waals surface area contributed by atoms with Gasteiger partial charge in [0, 0.05) is 5.02 Å². The van der Waals surface area contributed by atoms with E-state index >= 15 is 0 Å². The molecular formula is C19H20ClN3O6. The van der Waals surface area contributed by atoms with Gasteiger partial charge >= 0.3 is 11.9 Å². The van der Waals surface area contributed by atoms with Crippen molar-refractivity contribution >= 4 is 35.3 Å². The fourth-order valence-corrected chi connectivity index (χ4v) is 2.55. The van der Waals surface area contributed by atoms with Crippen LogP contribution < -0.4 is 16.7 Å². The number of benzene rings is 1. The van der Waals surface area contributed by atoms with Gasteiger partial charge in [0.15, 0.2) is 0 Å². The van der Waals surface area contributed by atoms with Crippen LogP contribution in [-0.4, -0.2) is 35.7 Å². The number of ether oxygens (including phenoxy) is 2. The Morgan fingerprint density at radius 2 is 1.59 bits per heavy atom. The molecule has 2 aromatic rings. The summed E-state index contributed by atoms with van der Waals surface area (Å²) in [4.78, 5) is 49.4. The molecule has 1 amide bonds. The van der Waals surface area contributed by atoms with Crippen molar-refractivity contribution in [3.63, 3.8) is 0 Å². The van der Waals surface area contributed by atoms with Gasteiger partial charge in [0.1, 0.15) is 16.9 Å². The molecular weight excluding hydrogens is 402 g/mol. The number of aromatic nitrogens is 1. The Bertz CT molecular complexity index is 985. The molecule has 1 heterocycles. The Morgan fingerprint density at radius 3 is 2.14 bits per heavy atom. The summed E-state index contributed by atoms with van der Waals surface area (Å²) in [5.74, 6) is -2.78. The molecule has 10 heteroatoms. The normalized spacial score (nSPS) is 10.3. The molecule has 0 radical (unpaired) electrons. The maximum absolute atomic E-state index is 12.7. The molecule has 0 spiro atoms. The number of esters is 2. The van der Waals surface area contributed by atoms with Gasteiger partial charge in [-0.2, -0.15) is 4.68 Å². The van der Waals surface area contributed by atoms with Crippen molar-refractivity contribution in [2.45, 2.75) is 20.3 Å². The summed E-state index contributed by atoms with van der Waals surface area (Å²) in [5, 5.41) is 0.510. The molecule has 1 aromatic carbocycles. The molecule has 0 atom stereocenters. The standard InChI is InChI=1S/C19H20ClN3O6/c1-3-28-18(26)13-10-14(19(27)29-4-2)17(25)23(16(13)21)22-15(24)9-11-5-7-12(20)8-6-11/h5-8,10H,3-4,9,21H2,1-2H3,(H,22,24). The highest BCUT2D eigenvalue weighted by molar-refractivity contribution is 6.30. The summed E-state index contributed by atoms with van der Waals surface area (Å²) >= 11 is 5.81. The van der Waals surface area contributed by atoms with E-state index < -0.39 is 29.0 Å². The van der Waals surface area contributed by atoms with E-state index in [0.717, 1.165) is 6.07 Å². The van der Waals surface area contributed by atoms with Gasteiger partial charge in [-0.1, -0.05) is 23.7 Å². The maximum atomic E-state index is 12.7. The largest absolute Gasteiger partial charge is 0.462 e. The third-order valence-electron chi connectivity index (χ3n) is 3.74. The first-order chi connectivity index (χ1) is 13.8. The second kappa shape index (κ2) is 9.74. The Balaban J connectivity index is 2.43. The number of nitrogens with zero attached hydrogens (tertiary/aromatic N) is 1. The van der Waals surface area contributed by atoms with Gasteiger partial charge in [-0.25, -0.2) is 9.59 Å². The quantitative estimate of drug-likeness (QED) is 0.651. The molecule has 9 nitrogen and oxygen atoms in total. The maximum Gasteiger partial charge on any atom is 0.343 e. The number of nitrogens with one attached hydrogen (secondary N) is 1. The zero-order valence-corrected chi connectivity index (χ0v) is 16.6. The molecule has 154 valence electrons. The van der Waals surface area contributed by atoms with Crippen LogP contribution in [0.2, 0.25) is 5.02 Å². The van der Waals surface area contributed by atoms with Crippen LogP contribution in [0.15, 0.2) is 35.1 Å². The Morgan fingerprint density at radius 1 is 1.03 bits per heavy atom. The first-order valence-electron chi connectivity index (χ1n) is 8.72. The minimum absolute atomic E-state index is 0.0142. The van der Waals surface area contributed by atoms with E-state index in [0.29, 0.717) is 15.3 Å². The number of carbonyl (C=O) groups is 3. The highest BCUT2D eigenvalue weighted by Crippen LogP contribution is 2.14. The van der Waals surface area contributed by atoms with E-state index in [1.807, 2.05) is 0 Å². The predicted molar refractivity (Wildman–Crippen MR) is 107 cm³/mol. The van der Waals surface area contributed by atoms with Crippen molar-refractivity contribution in [1.82, 2.24) is 4.68 Å². The van der Waals surface area contributed by atoms with Crippen molar-refractivity contribution in [2.24, 2.45) is 0 Å². The van der Waals surface area contributed by atoms with Crippen LogP contribution in [0, 0.1) is 0 Å². The van der Waals surface area contributed by atoms with E-state index in [4.69, 9.17) is 26.8 Å². The second-order valence-electron chi connectivity index (χ2n) is 5.78. The first kappa shape index (κ1) is 22.0. The minimum Gasteiger partial charge on any atom is -0.462 e. The van der Waals surface area contributed by atoms with Gasteiger partial charge in [-0.3, -0.25) is 15.0 Å². The fraction of sp³-hybridized carbons (Fsp3) is 0.263. The number of nitrogen functional groups attached to an aromatic ring is 1. The van der Waals surface area contributed by atoms with E-state index in [9.17, 15) is 19.2 Å². The lowest BCUT2D eigenvalue weighted by atomic mass is 10.1. The van der Waals surface area contributed by atoms with Gasteiger partial charge in [-0.15, -0.1) is 0 Å². The third kappa shape index (κ3) is 5.35. The van der Waals surface area contributed by atoms with Crippen molar-refractivity contribution in [2.75, 3.05) is 24.4 Å². The SMILES string of the molecule is CCOC(=O)c1cc(C(=O)OCC)c(=O)n(NC(=O)Cc2ccc(Cl)cc2)c1N. The lowest BCUT2D eigenvalue weighted by Crippen LogP contribution is -2.39. The molecule has 0 aliphatic carbocycles. The molecule has 0 bridgehead atoms. The van der Waals surface area contributed by atoms with Crippen molar-refractivity contribution < 1.29 is 23.9 Å². The van der Waals surface area contributed by atoms with Crippen LogP contribution in [0.25, 0.3) is 0 Å². The molecule has 3 N–H and O–H groups in total. The zero-order chi connectivity index (χ0) is 21.6. The predicted octanol–water partition coefficient (Wildman–Crippen LogP) is 1.75. The molecule has 1 aromatic heterocycles. The summed E-state index contributed by atoms with van der Waals surface area (Å²) < 4.78 is 10.4. The molecule has 0 fully saturated rings. The lowest BCUT2D eigenvalue weighted by molar-refractivity contribution is -0.116. The van der Waals surface area contributed by atoms with Crippen LogP contribution in [0.4, 0.5) is 5.82 Å². The average molecular weight is 422 g/mol. The summed E-state index contributed by atoms with van der Waals surface area (Å²) in [5.41, 5.74) is 7.19. The lowest BCUT2D eigenvalue weighted by Gasteiger charge is -2.15. The molecule has 0 aliphatic rings. The van der Waals surface area contributed by atoms with Crippen LogP contribution in [0.5, 0.6) is 0 Å². The van der Waals surface area contributed by atoms with Crippen molar-refractivity contribution in [1.29, 1.82) is 0 Å². The van der Waals surface area contributed by atoms with Gasteiger partial charge in [0.25, 0.3) is 5.56 Å². The number of carbonyl (C=O) groups excluding carboxylic acids is 3. The van der Waals surface area contributed by atoms with E-state index in [1.165, 1.54) is 0 Å². The summed E-state index contributed by atoms with van der Waals surface area (Å²) in [6, 6.07) is 7.52. The summed E-state index contributed by atoms with van der Waals surface area (Å²) in [7, 11) is 0. The van der Waals surface area contributed by atoms with Gasteiger partial charge in [0.2, 0.25) is 5.91 Å². The van der Waals surface area contributed by atoms with E-state index in [1.54, 1.807) is 38.1 Å². The Labute approximate surface area is 171 Å². The number of halogens is 1. The third-order valence-corrected chi connectivity index (χ3v) is 4.00. The number of amides is 1.